The van der Waals surface area contributed by atoms with Crippen LogP contribution >= 0.6 is 0 Å². The molecule has 0 atom stereocenters. The Bertz CT molecular complexity index is 3120. The highest BCUT2D eigenvalue weighted by Gasteiger charge is 2.62. The number of fused-ring (bicyclic) bond motifs is 7. The van der Waals surface area contributed by atoms with Crippen LogP contribution in [0.1, 0.15) is 43.2 Å². The molecule has 4 bridgehead atoms. The topological polar surface area (TPSA) is 8.17 Å². The molecular weight excluding hydrogens is 720 g/mol. The molecule has 9 aromatic rings. The number of halogens is 1. The van der Waals surface area contributed by atoms with Crippen molar-refractivity contribution in [2.75, 3.05) is 4.90 Å². The van der Waals surface area contributed by atoms with Gasteiger partial charge in [-0.15, -0.1) is 0 Å². The van der Waals surface area contributed by atoms with E-state index in [1.165, 1.54) is 87.1 Å². The van der Waals surface area contributed by atoms with Gasteiger partial charge in [0.2, 0.25) is 0 Å². The van der Waals surface area contributed by atoms with Crippen LogP contribution in [0.3, 0.4) is 0 Å². The van der Waals surface area contributed by atoms with E-state index < -0.39 is 0 Å². The van der Waals surface area contributed by atoms with Crippen molar-refractivity contribution in [2.45, 2.75) is 37.5 Å². The van der Waals surface area contributed by atoms with E-state index in [0.29, 0.717) is 11.8 Å². The van der Waals surface area contributed by atoms with Crippen LogP contribution in [0.2, 0.25) is 0 Å². The molecule has 2 nitrogen and oxygen atoms in total. The second-order valence-corrected chi connectivity index (χ2v) is 17.9. The molecule has 0 aliphatic heterocycles. The average Bonchev–Trinajstić information content (AvgIpc) is 3.75. The zero-order chi connectivity index (χ0) is 38.8. The largest absolute Gasteiger partial charge is 0.310 e. The number of hydrogen-bond acceptors (Lipinski definition) is 1. The normalized spacial score (nSPS) is 22.4. The zero-order valence-corrected chi connectivity index (χ0v) is 32.9. The first kappa shape index (κ1) is 33.5. The van der Waals surface area contributed by atoms with Gasteiger partial charge in [0.05, 0.1) is 16.7 Å². The molecule has 0 saturated heterocycles. The number of para-hydroxylation sites is 2. The molecule has 0 unspecified atom stereocenters. The first-order chi connectivity index (χ1) is 29.1. The summed E-state index contributed by atoms with van der Waals surface area (Å²) in [5.41, 5.74) is 14.4. The Kier molecular flexibility index (Phi) is 7.12. The van der Waals surface area contributed by atoms with E-state index in [9.17, 15) is 0 Å². The Morgan fingerprint density at radius 1 is 0.475 bits per heavy atom. The molecule has 0 radical (unpaired) electrons. The van der Waals surface area contributed by atoms with Crippen molar-refractivity contribution in [3.05, 3.63) is 193 Å². The monoisotopic (exact) mass is 762 g/mol. The van der Waals surface area contributed by atoms with E-state index in [4.69, 9.17) is 0 Å². The van der Waals surface area contributed by atoms with Crippen molar-refractivity contribution in [1.29, 1.82) is 0 Å². The summed E-state index contributed by atoms with van der Waals surface area (Å²) in [5, 5.41) is 4.91. The Balaban J connectivity index is 1.10. The zero-order valence-electron chi connectivity index (χ0n) is 32.9. The van der Waals surface area contributed by atoms with Gasteiger partial charge < -0.3 is 9.47 Å². The minimum Gasteiger partial charge on any atom is -0.310 e. The maximum Gasteiger partial charge on any atom is 0.123 e. The molecule has 1 aromatic heterocycles. The molecule has 8 aromatic carbocycles. The first-order valence-electron chi connectivity index (χ1n) is 21.5. The highest BCUT2D eigenvalue weighted by atomic mass is 19.1. The van der Waals surface area contributed by atoms with Gasteiger partial charge in [0.15, 0.2) is 0 Å². The Morgan fingerprint density at radius 2 is 1.17 bits per heavy atom. The van der Waals surface area contributed by atoms with Crippen LogP contribution in [0.25, 0.3) is 60.5 Å². The number of aromatic nitrogens is 1. The summed E-state index contributed by atoms with van der Waals surface area (Å²) in [6.45, 7) is 0. The van der Waals surface area contributed by atoms with Crippen LogP contribution in [-0.2, 0) is 5.41 Å². The van der Waals surface area contributed by atoms with Gasteiger partial charge in [-0.05, 0) is 155 Å². The quantitative estimate of drug-likeness (QED) is 0.170. The number of nitrogens with zero attached hydrogens (tertiary/aromatic N) is 2. The smallest absolute Gasteiger partial charge is 0.123 e. The molecular formula is C56H43FN2. The lowest BCUT2D eigenvalue weighted by Crippen LogP contribution is -2.55. The summed E-state index contributed by atoms with van der Waals surface area (Å²) in [6.07, 6.45) is 6.62. The molecule has 59 heavy (non-hydrogen) atoms. The molecule has 3 heteroatoms. The van der Waals surface area contributed by atoms with Crippen molar-refractivity contribution in [3.8, 4) is 27.9 Å². The molecule has 1 spiro atoms. The lowest BCUT2D eigenvalue weighted by Gasteiger charge is -2.61. The molecule has 0 amide bonds. The van der Waals surface area contributed by atoms with E-state index in [1.807, 2.05) is 6.07 Å². The molecule has 5 aliphatic carbocycles. The van der Waals surface area contributed by atoms with Crippen molar-refractivity contribution < 1.29 is 4.39 Å². The van der Waals surface area contributed by atoms with Gasteiger partial charge in [-0.2, -0.15) is 0 Å². The van der Waals surface area contributed by atoms with Crippen LogP contribution in [0.5, 0.6) is 0 Å². The van der Waals surface area contributed by atoms with Gasteiger partial charge in [0, 0.05) is 38.6 Å². The van der Waals surface area contributed by atoms with Crippen molar-refractivity contribution >= 4 is 49.6 Å². The average molecular weight is 763 g/mol. The lowest BCUT2D eigenvalue weighted by molar-refractivity contribution is -0.0399. The Hall–Kier alpha value is -6.45. The fourth-order valence-electron chi connectivity index (χ4n) is 13.1. The van der Waals surface area contributed by atoms with E-state index in [1.54, 1.807) is 12.1 Å². The highest BCUT2D eigenvalue weighted by Crippen LogP contribution is 2.70. The van der Waals surface area contributed by atoms with Gasteiger partial charge in [-0.3, -0.25) is 0 Å². The maximum absolute atomic E-state index is 15.4. The summed E-state index contributed by atoms with van der Waals surface area (Å²) in [4.78, 5) is 2.46. The number of anilines is 3. The van der Waals surface area contributed by atoms with Crippen LogP contribution in [0, 0.1) is 29.5 Å². The molecule has 14 rings (SSSR count). The fourth-order valence-corrected chi connectivity index (χ4v) is 13.1. The molecule has 4 saturated carbocycles. The minimum atomic E-state index is -0.205. The van der Waals surface area contributed by atoms with Crippen molar-refractivity contribution in [3.63, 3.8) is 0 Å². The summed E-state index contributed by atoms with van der Waals surface area (Å²) in [6, 6.07) is 63.5. The number of benzene rings is 8. The third-order valence-corrected chi connectivity index (χ3v) is 15.0. The highest BCUT2D eigenvalue weighted by molar-refractivity contribution is 6.12. The summed E-state index contributed by atoms with van der Waals surface area (Å²) < 4.78 is 17.8. The van der Waals surface area contributed by atoms with E-state index in [-0.39, 0.29) is 11.2 Å². The number of rotatable bonds is 5. The van der Waals surface area contributed by atoms with E-state index >= 15 is 4.39 Å². The lowest BCUT2D eigenvalue weighted by atomic mass is 9.43. The maximum atomic E-state index is 15.4. The third-order valence-electron chi connectivity index (χ3n) is 15.0. The van der Waals surface area contributed by atoms with Gasteiger partial charge >= 0.3 is 0 Å². The first-order valence-corrected chi connectivity index (χ1v) is 21.5. The van der Waals surface area contributed by atoms with Crippen molar-refractivity contribution in [1.82, 2.24) is 4.57 Å². The van der Waals surface area contributed by atoms with Crippen LogP contribution in [-0.4, -0.2) is 4.57 Å². The second-order valence-electron chi connectivity index (χ2n) is 17.9. The molecule has 0 N–H and O–H groups in total. The van der Waals surface area contributed by atoms with Crippen LogP contribution in [0.4, 0.5) is 21.5 Å². The van der Waals surface area contributed by atoms with E-state index in [0.717, 1.165) is 45.5 Å². The Morgan fingerprint density at radius 3 is 2.00 bits per heavy atom. The van der Waals surface area contributed by atoms with Crippen LogP contribution < -0.4 is 4.90 Å². The van der Waals surface area contributed by atoms with Crippen molar-refractivity contribution in [2.24, 2.45) is 23.7 Å². The van der Waals surface area contributed by atoms with Crippen LogP contribution in [0.15, 0.2) is 176 Å². The van der Waals surface area contributed by atoms with Gasteiger partial charge in [0.25, 0.3) is 0 Å². The predicted molar refractivity (Wildman–Crippen MR) is 242 cm³/mol. The predicted octanol–water partition coefficient (Wildman–Crippen LogP) is 14.9. The molecule has 5 aliphatic rings. The molecule has 4 fully saturated rings. The number of hydrogen-bond donors (Lipinski definition) is 0. The summed E-state index contributed by atoms with van der Waals surface area (Å²) in [5.74, 6) is 2.69. The standard InChI is InChI=1S/C56H43FN2/c57-41-15-10-14-38(31-41)49-32-44(33-51-55(49)48-20-6-8-21-50(48)56(51)39-27-35-26-36(29-39)30-40(56)28-35)58(42-16-2-1-3-17-42)43-24-25-47-46-19-7-9-22-53(46)59(54(47)34-43)52-23-11-13-37-12-4-5-18-45(37)52/h1-25,31-36,39-40H,26-30H2. The molecule has 284 valence electrons. The fraction of sp³-hybridized carbons (Fsp3) is 0.179. The van der Waals surface area contributed by atoms with Gasteiger partial charge in [0.1, 0.15) is 5.82 Å². The van der Waals surface area contributed by atoms with Gasteiger partial charge in [-0.1, -0.05) is 115 Å². The minimum absolute atomic E-state index is 0.0511. The second kappa shape index (κ2) is 12.5. The summed E-state index contributed by atoms with van der Waals surface area (Å²) in [7, 11) is 0. The Labute approximate surface area is 344 Å². The van der Waals surface area contributed by atoms with E-state index in [2.05, 4.69) is 167 Å². The summed E-state index contributed by atoms with van der Waals surface area (Å²) >= 11 is 0. The van der Waals surface area contributed by atoms with Gasteiger partial charge in [-0.25, -0.2) is 4.39 Å². The third kappa shape index (κ3) is 4.73. The molecule has 1 heterocycles. The SMILES string of the molecule is Fc1cccc(-c2cc(N(c3ccccc3)c3ccc4c5ccccc5n(-c5cccc6ccccc56)c4c3)cc3c2-c2ccccc2C32C3CC4CC(C3)CC2C4)c1.